The lowest BCUT2D eigenvalue weighted by Crippen LogP contribution is -2.39. The van der Waals surface area contributed by atoms with Crippen LogP contribution < -0.4 is 5.73 Å². The molecule has 3 N–H and O–H groups in total. The largest absolute Gasteiger partial charge is 0.460 e. The summed E-state index contributed by atoms with van der Waals surface area (Å²) < 4.78 is 5.72. The fourth-order valence-electron chi connectivity index (χ4n) is 4.96. The number of likely N-dealkylation sites (tertiary alicyclic amines) is 1. The Kier molecular flexibility index (Phi) is 17.3. The third-order valence-corrected chi connectivity index (χ3v) is 7.47. The second-order valence-corrected chi connectivity index (χ2v) is 11.9. The molecule has 1 saturated carbocycles. The zero-order valence-electron chi connectivity index (χ0n) is 22.2. The van der Waals surface area contributed by atoms with Crippen LogP contribution in [0, 0.1) is 23.2 Å². The van der Waals surface area contributed by atoms with Crippen molar-refractivity contribution in [3.8, 4) is 6.07 Å². The molecule has 3 unspecified atom stereocenters. The van der Waals surface area contributed by atoms with Crippen molar-refractivity contribution < 1.29 is 19.4 Å². The topological polar surface area (TPSA) is 117 Å². The summed E-state index contributed by atoms with van der Waals surface area (Å²) in [7, 11) is 0. The number of aliphatic hydroxyl groups is 1. The van der Waals surface area contributed by atoms with Crippen molar-refractivity contribution in [3.63, 3.8) is 0 Å². The Balaban J connectivity index is 0.000000899. The van der Waals surface area contributed by atoms with E-state index in [0.717, 1.165) is 63.8 Å². The van der Waals surface area contributed by atoms with Crippen LogP contribution in [0.2, 0.25) is 0 Å². The first-order valence-corrected chi connectivity index (χ1v) is 13.7. The second kappa shape index (κ2) is 18.0. The average Bonchev–Trinajstić information content (AvgIpc) is 3.26. The minimum Gasteiger partial charge on any atom is -0.460 e. The zero-order chi connectivity index (χ0) is 26.0. The van der Waals surface area contributed by atoms with E-state index in [9.17, 15) is 14.7 Å². The maximum Gasteiger partial charge on any atom is 0.306 e. The minimum atomic E-state index is -0.422. The molecule has 2 aliphatic rings. The van der Waals surface area contributed by atoms with Crippen LogP contribution in [0.4, 0.5) is 0 Å². The minimum absolute atomic E-state index is 0.0848. The van der Waals surface area contributed by atoms with Crippen molar-refractivity contribution >= 4 is 24.1 Å². The van der Waals surface area contributed by atoms with E-state index in [0.29, 0.717) is 24.8 Å². The molecule has 1 aliphatic carbocycles. The number of carbonyl (C=O) groups is 2. The van der Waals surface area contributed by atoms with Crippen molar-refractivity contribution in [1.29, 1.82) is 5.26 Å². The van der Waals surface area contributed by atoms with Gasteiger partial charge in [0.25, 0.3) is 0 Å². The van der Waals surface area contributed by atoms with E-state index in [4.69, 9.17) is 15.7 Å². The van der Waals surface area contributed by atoms with Crippen LogP contribution in [0.1, 0.15) is 92.4 Å². The highest BCUT2D eigenvalue weighted by Crippen LogP contribution is 2.49. The number of thioether (sulfide) groups is 1. The Labute approximate surface area is 212 Å². The van der Waals surface area contributed by atoms with E-state index in [1.165, 1.54) is 19.8 Å². The molecule has 1 amide bonds. The summed E-state index contributed by atoms with van der Waals surface area (Å²) >= 11 is 1.90. The van der Waals surface area contributed by atoms with E-state index < -0.39 is 5.60 Å². The van der Waals surface area contributed by atoms with Crippen molar-refractivity contribution in [2.75, 3.05) is 32.0 Å². The first kappa shape index (κ1) is 32.7. The van der Waals surface area contributed by atoms with Crippen LogP contribution in [-0.4, -0.2) is 64.7 Å². The number of nitrogens with two attached hydrogens (primary N) is 1. The van der Waals surface area contributed by atoms with Crippen molar-refractivity contribution in [2.24, 2.45) is 17.6 Å². The predicted molar refractivity (Wildman–Crippen MR) is 140 cm³/mol. The number of amides is 1. The molecule has 0 bridgehead atoms. The van der Waals surface area contributed by atoms with Crippen molar-refractivity contribution in [2.45, 2.75) is 103 Å². The Morgan fingerprint density at radius 3 is 2.32 bits per heavy atom. The maximum atomic E-state index is 12.3. The van der Waals surface area contributed by atoms with Gasteiger partial charge in [0.2, 0.25) is 6.41 Å². The van der Waals surface area contributed by atoms with Gasteiger partial charge in [-0.2, -0.15) is 17.0 Å². The van der Waals surface area contributed by atoms with Gasteiger partial charge in [0.15, 0.2) is 0 Å². The summed E-state index contributed by atoms with van der Waals surface area (Å²) in [5.74, 6) is 1.63. The monoisotopic (exact) mass is 499 g/mol. The third-order valence-electron chi connectivity index (χ3n) is 5.93. The first-order valence-electron chi connectivity index (χ1n) is 12.8. The number of hydrogen-bond donors (Lipinski definition) is 2. The van der Waals surface area contributed by atoms with E-state index >= 15 is 0 Å². The van der Waals surface area contributed by atoms with Crippen LogP contribution in [-0.2, 0) is 14.3 Å². The molecule has 7 nitrogen and oxygen atoms in total. The van der Waals surface area contributed by atoms with Gasteiger partial charge in [-0.3, -0.25) is 9.59 Å². The fraction of sp³-hybridized carbons (Fsp3) is 0.885. The molecular formula is C26H49N3O4S. The molecule has 0 radical (unpaired) electrons. The number of nitrogens with zero attached hydrogens (tertiary/aromatic N) is 2. The fourth-order valence-corrected chi connectivity index (χ4v) is 6.54. The Morgan fingerprint density at radius 1 is 1.29 bits per heavy atom. The molecule has 0 spiro atoms. The third kappa shape index (κ3) is 14.9. The molecule has 1 saturated heterocycles. The average molecular weight is 500 g/mol. The number of aliphatic hydroxyl groups excluding tert-OH is 1. The number of hydrogen-bond acceptors (Lipinski definition) is 7. The number of rotatable bonds is 10. The Morgan fingerprint density at radius 2 is 1.88 bits per heavy atom. The van der Waals surface area contributed by atoms with E-state index in [-0.39, 0.29) is 17.3 Å². The van der Waals surface area contributed by atoms with E-state index in [2.05, 4.69) is 6.92 Å². The maximum absolute atomic E-state index is 12.3. The summed E-state index contributed by atoms with van der Waals surface area (Å²) in [5, 5.41) is 16.6. The summed E-state index contributed by atoms with van der Waals surface area (Å²) in [6.07, 6.45) is 10.4. The molecule has 0 aromatic carbocycles. The van der Waals surface area contributed by atoms with Gasteiger partial charge in [0.1, 0.15) is 5.60 Å². The molecule has 2 fully saturated rings. The van der Waals surface area contributed by atoms with Crippen LogP contribution >= 0.6 is 11.8 Å². The number of esters is 1. The Bertz CT molecular complexity index is 600. The van der Waals surface area contributed by atoms with Gasteiger partial charge >= 0.3 is 5.97 Å². The molecule has 34 heavy (non-hydrogen) atoms. The Hall–Kier alpha value is -1.30. The van der Waals surface area contributed by atoms with Crippen LogP contribution in [0.3, 0.4) is 0 Å². The van der Waals surface area contributed by atoms with Gasteiger partial charge in [-0.1, -0.05) is 13.3 Å². The van der Waals surface area contributed by atoms with Crippen molar-refractivity contribution in [3.05, 3.63) is 0 Å². The molecular weight excluding hydrogens is 450 g/mol. The predicted octanol–water partition coefficient (Wildman–Crippen LogP) is 4.52. The summed E-state index contributed by atoms with van der Waals surface area (Å²) in [5.41, 5.74) is 5.39. The molecule has 0 aromatic rings. The van der Waals surface area contributed by atoms with Gasteiger partial charge in [-0.25, -0.2) is 0 Å². The molecule has 2 rings (SSSR count). The van der Waals surface area contributed by atoms with Crippen LogP contribution in [0.15, 0.2) is 0 Å². The van der Waals surface area contributed by atoms with E-state index in [1.54, 1.807) is 11.0 Å². The quantitative estimate of drug-likeness (QED) is 0.335. The summed E-state index contributed by atoms with van der Waals surface area (Å²) in [6.45, 7) is 12.3. The molecule has 8 heteroatoms. The van der Waals surface area contributed by atoms with Crippen LogP contribution in [0.5, 0.6) is 0 Å². The first-order chi connectivity index (χ1) is 16.1. The molecule has 198 valence electrons. The van der Waals surface area contributed by atoms with Crippen LogP contribution in [0.25, 0.3) is 0 Å². The molecule has 1 aliphatic heterocycles. The van der Waals surface area contributed by atoms with Gasteiger partial charge in [-0.15, -0.1) is 0 Å². The van der Waals surface area contributed by atoms with Crippen molar-refractivity contribution in [1.82, 2.24) is 4.90 Å². The standard InChI is InChI=1S/C19H37NO3S.C5H9NO.C2H3N/c1-5-7-19(24-10-9-21)13-15(6-8-20)11-16(14-19)12-17(22)23-18(2,3)4;7-5-6-3-1-2-4-6;1-2-3/h15-16,21H,5-14,20H2,1-4H3;5H,1-4H2;1H3. The summed E-state index contributed by atoms with van der Waals surface area (Å²) in [4.78, 5) is 24.0. The summed E-state index contributed by atoms with van der Waals surface area (Å²) in [6, 6.07) is 1.75. The molecule has 3 atom stereocenters. The highest BCUT2D eigenvalue weighted by atomic mass is 32.2. The van der Waals surface area contributed by atoms with Gasteiger partial charge in [0.05, 0.1) is 12.7 Å². The van der Waals surface area contributed by atoms with Gasteiger partial charge in [0, 0.05) is 36.9 Å². The second-order valence-electron chi connectivity index (χ2n) is 10.3. The lowest BCUT2D eigenvalue weighted by Gasteiger charge is -2.44. The zero-order valence-corrected chi connectivity index (χ0v) is 23.0. The highest BCUT2D eigenvalue weighted by Gasteiger charge is 2.41. The normalized spacial score (nSPS) is 24.1. The highest BCUT2D eigenvalue weighted by molar-refractivity contribution is 8.00. The lowest BCUT2D eigenvalue weighted by molar-refractivity contribution is -0.156. The number of nitriles is 1. The van der Waals surface area contributed by atoms with Gasteiger partial charge < -0.3 is 20.5 Å². The lowest BCUT2D eigenvalue weighted by atomic mass is 9.71. The van der Waals surface area contributed by atoms with Gasteiger partial charge in [-0.05, 0) is 84.1 Å². The number of ether oxygens (including phenoxy) is 1. The number of carbonyl (C=O) groups excluding carboxylic acids is 2. The molecule has 0 aromatic heterocycles. The SMILES string of the molecule is CC#N.CCCC1(SCCO)CC(CCN)CC(CC(=O)OC(C)(C)C)C1.O=CN1CCCC1. The van der Waals surface area contributed by atoms with E-state index in [1.807, 2.05) is 32.5 Å². The smallest absolute Gasteiger partial charge is 0.306 e. The molecule has 1 heterocycles.